The van der Waals surface area contributed by atoms with E-state index in [1.165, 1.54) is 6.33 Å². The normalized spacial score (nSPS) is 13.4. The van der Waals surface area contributed by atoms with Crippen LogP contribution in [0.3, 0.4) is 0 Å². The van der Waals surface area contributed by atoms with Crippen LogP contribution in [0.1, 0.15) is 18.6 Å². The summed E-state index contributed by atoms with van der Waals surface area (Å²) in [7, 11) is 0. The zero-order valence-corrected chi connectivity index (χ0v) is 15.5. The molecule has 27 heavy (non-hydrogen) atoms. The molecule has 2 heterocycles. The second-order valence-electron chi connectivity index (χ2n) is 6.39. The first-order valence-electron chi connectivity index (χ1n) is 8.64. The third kappa shape index (κ3) is 3.49. The Morgan fingerprint density at radius 2 is 1.74 bits per heavy atom. The molecule has 3 N–H and O–H groups in total. The minimum Gasteiger partial charge on any atom is -0.508 e. The van der Waals surface area contributed by atoms with Crippen molar-refractivity contribution in [1.29, 1.82) is 0 Å². The van der Waals surface area contributed by atoms with Crippen molar-refractivity contribution in [2.24, 2.45) is 0 Å². The number of anilines is 1. The summed E-state index contributed by atoms with van der Waals surface area (Å²) >= 11 is 1.58. The number of phenolic OH excluding ortho intramolecular Hbond substituents is 1. The van der Waals surface area contributed by atoms with Gasteiger partial charge in [-0.15, -0.1) is 11.3 Å². The predicted octanol–water partition coefficient (Wildman–Crippen LogP) is 4.60. The van der Waals surface area contributed by atoms with Gasteiger partial charge in [0.25, 0.3) is 0 Å². The van der Waals surface area contributed by atoms with Crippen molar-refractivity contribution in [2.45, 2.75) is 19.1 Å². The summed E-state index contributed by atoms with van der Waals surface area (Å²) in [5.74, 6) is 0.875. The van der Waals surface area contributed by atoms with Crippen molar-refractivity contribution in [3.63, 3.8) is 0 Å². The molecule has 0 aliphatic rings. The first-order valence-corrected chi connectivity index (χ1v) is 9.52. The largest absolute Gasteiger partial charge is 0.508 e. The third-order valence-corrected chi connectivity index (χ3v) is 5.41. The molecule has 6 heteroatoms. The molecule has 0 unspecified atom stereocenters. The number of aliphatic hydroxyl groups excluding tert-OH is 1. The van der Waals surface area contributed by atoms with Crippen molar-refractivity contribution in [3.8, 4) is 16.9 Å². The zero-order valence-electron chi connectivity index (χ0n) is 14.7. The number of nitrogens with one attached hydrogen (secondary N) is 1. The van der Waals surface area contributed by atoms with Gasteiger partial charge < -0.3 is 15.5 Å². The number of rotatable bonds is 5. The Morgan fingerprint density at radius 3 is 2.48 bits per heavy atom. The summed E-state index contributed by atoms with van der Waals surface area (Å²) in [4.78, 5) is 9.71. The van der Waals surface area contributed by atoms with Gasteiger partial charge in [0, 0.05) is 10.9 Å². The van der Waals surface area contributed by atoms with Crippen LogP contribution < -0.4 is 5.32 Å². The standard InChI is InChI=1S/C21H19N3O2S/c1-13(19(26)15-7-9-16(25)10-8-15)24-20-18-17(14-5-3-2-4-6-14)11-27-21(18)23-12-22-20/h2-13,19,25-26H,1H3,(H,22,23,24)/t13-,19+/m1/s1. The van der Waals surface area contributed by atoms with E-state index in [1.54, 1.807) is 35.6 Å². The van der Waals surface area contributed by atoms with Gasteiger partial charge in [0.1, 0.15) is 22.7 Å². The molecule has 0 spiro atoms. The molecule has 136 valence electrons. The Bertz CT molecular complexity index is 1050. The zero-order chi connectivity index (χ0) is 18.8. The summed E-state index contributed by atoms with van der Waals surface area (Å²) in [6.45, 7) is 1.90. The lowest BCUT2D eigenvalue weighted by atomic mass is 10.0. The van der Waals surface area contributed by atoms with E-state index in [-0.39, 0.29) is 11.8 Å². The van der Waals surface area contributed by atoms with Gasteiger partial charge >= 0.3 is 0 Å². The number of nitrogens with zero attached hydrogens (tertiary/aromatic N) is 2. The average molecular weight is 377 g/mol. The number of benzene rings is 2. The van der Waals surface area contributed by atoms with Crippen LogP contribution in [0, 0.1) is 0 Å². The van der Waals surface area contributed by atoms with E-state index in [2.05, 4.69) is 32.8 Å². The number of thiophene rings is 1. The number of hydrogen-bond acceptors (Lipinski definition) is 6. The summed E-state index contributed by atoms with van der Waals surface area (Å²) < 4.78 is 0. The van der Waals surface area contributed by atoms with E-state index in [9.17, 15) is 10.2 Å². The van der Waals surface area contributed by atoms with Crippen molar-refractivity contribution < 1.29 is 10.2 Å². The van der Waals surface area contributed by atoms with E-state index in [4.69, 9.17) is 0 Å². The number of aromatic hydroxyl groups is 1. The first kappa shape index (κ1) is 17.5. The highest BCUT2D eigenvalue weighted by atomic mass is 32.1. The lowest BCUT2D eigenvalue weighted by molar-refractivity contribution is 0.160. The fraction of sp³-hybridized carbons (Fsp3) is 0.143. The Kier molecular flexibility index (Phi) is 4.75. The monoisotopic (exact) mass is 377 g/mol. The van der Waals surface area contributed by atoms with Crippen LogP contribution in [-0.2, 0) is 0 Å². The van der Waals surface area contributed by atoms with Crippen LogP contribution in [0.15, 0.2) is 66.3 Å². The van der Waals surface area contributed by atoms with Gasteiger partial charge in [-0.3, -0.25) is 0 Å². The van der Waals surface area contributed by atoms with E-state index in [1.807, 2.05) is 25.1 Å². The fourth-order valence-electron chi connectivity index (χ4n) is 3.07. The second kappa shape index (κ2) is 7.34. The number of hydrogen-bond donors (Lipinski definition) is 3. The molecule has 2 atom stereocenters. The Labute approximate surface area is 161 Å². The lowest BCUT2D eigenvalue weighted by Gasteiger charge is -2.21. The molecule has 4 rings (SSSR count). The van der Waals surface area contributed by atoms with Gasteiger partial charge in [0.05, 0.1) is 17.5 Å². The molecule has 5 nitrogen and oxygen atoms in total. The maximum atomic E-state index is 10.7. The van der Waals surface area contributed by atoms with Crippen LogP contribution in [0.5, 0.6) is 5.75 Å². The topological polar surface area (TPSA) is 78.3 Å². The number of phenols is 1. The fourth-order valence-corrected chi connectivity index (χ4v) is 3.99. The van der Waals surface area contributed by atoms with Crippen molar-refractivity contribution in [1.82, 2.24) is 9.97 Å². The molecule has 0 bridgehead atoms. The van der Waals surface area contributed by atoms with Gasteiger partial charge in [-0.2, -0.15) is 0 Å². The van der Waals surface area contributed by atoms with E-state index in [0.717, 1.165) is 26.9 Å². The first-order chi connectivity index (χ1) is 13.1. The van der Waals surface area contributed by atoms with Crippen LogP contribution in [0.25, 0.3) is 21.3 Å². The van der Waals surface area contributed by atoms with E-state index < -0.39 is 6.10 Å². The van der Waals surface area contributed by atoms with Gasteiger partial charge in [-0.05, 0) is 30.2 Å². The summed E-state index contributed by atoms with van der Waals surface area (Å²) in [5.41, 5.74) is 2.91. The highest BCUT2D eigenvalue weighted by molar-refractivity contribution is 7.17. The lowest BCUT2D eigenvalue weighted by Crippen LogP contribution is -2.24. The van der Waals surface area contributed by atoms with Crippen LogP contribution >= 0.6 is 11.3 Å². The van der Waals surface area contributed by atoms with Crippen molar-refractivity contribution in [2.75, 3.05) is 5.32 Å². The summed E-state index contributed by atoms with van der Waals surface area (Å²) in [5, 5.41) is 26.5. The molecule has 4 aromatic rings. The highest BCUT2D eigenvalue weighted by Crippen LogP contribution is 2.37. The van der Waals surface area contributed by atoms with Gasteiger partial charge in [0.15, 0.2) is 0 Å². The molecule has 0 fully saturated rings. The quantitative estimate of drug-likeness (QED) is 0.474. The number of aromatic nitrogens is 2. The molecule has 0 saturated heterocycles. The molecular formula is C21H19N3O2S. The van der Waals surface area contributed by atoms with Crippen LogP contribution in [0.2, 0.25) is 0 Å². The molecule has 0 aliphatic heterocycles. The highest BCUT2D eigenvalue weighted by Gasteiger charge is 2.20. The van der Waals surface area contributed by atoms with E-state index in [0.29, 0.717) is 5.82 Å². The SMILES string of the molecule is C[C@@H](Nc1ncnc2scc(-c3ccccc3)c12)[C@H](O)c1ccc(O)cc1. The summed E-state index contributed by atoms with van der Waals surface area (Å²) in [6.07, 6.45) is 0.796. The molecular weight excluding hydrogens is 358 g/mol. The molecule has 2 aromatic heterocycles. The predicted molar refractivity (Wildman–Crippen MR) is 109 cm³/mol. The van der Waals surface area contributed by atoms with Crippen LogP contribution in [0.4, 0.5) is 5.82 Å². The maximum absolute atomic E-state index is 10.7. The molecule has 0 radical (unpaired) electrons. The number of aliphatic hydroxyl groups is 1. The second-order valence-corrected chi connectivity index (χ2v) is 7.25. The van der Waals surface area contributed by atoms with Crippen LogP contribution in [-0.4, -0.2) is 26.2 Å². The minimum absolute atomic E-state index is 0.176. The molecule has 2 aromatic carbocycles. The Hall–Kier alpha value is -2.96. The molecule has 0 saturated carbocycles. The molecule has 0 aliphatic carbocycles. The van der Waals surface area contributed by atoms with Gasteiger partial charge in [-0.25, -0.2) is 9.97 Å². The Balaban J connectivity index is 1.67. The van der Waals surface area contributed by atoms with E-state index >= 15 is 0 Å². The van der Waals surface area contributed by atoms with Crippen molar-refractivity contribution in [3.05, 3.63) is 71.9 Å². The smallest absolute Gasteiger partial charge is 0.139 e. The Morgan fingerprint density at radius 1 is 1.00 bits per heavy atom. The maximum Gasteiger partial charge on any atom is 0.139 e. The van der Waals surface area contributed by atoms with Gasteiger partial charge in [-0.1, -0.05) is 42.5 Å². The average Bonchev–Trinajstić information content (AvgIpc) is 3.14. The van der Waals surface area contributed by atoms with Crippen molar-refractivity contribution >= 4 is 27.4 Å². The van der Waals surface area contributed by atoms with Gasteiger partial charge in [0.2, 0.25) is 0 Å². The number of fused-ring (bicyclic) bond motifs is 1. The summed E-state index contributed by atoms with van der Waals surface area (Å²) in [6, 6.07) is 16.4. The molecule has 0 amide bonds. The third-order valence-electron chi connectivity index (χ3n) is 4.53. The minimum atomic E-state index is -0.741.